The van der Waals surface area contributed by atoms with Crippen molar-refractivity contribution in [3.8, 4) is 0 Å². The molecule has 1 aliphatic heterocycles. The van der Waals surface area contributed by atoms with Crippen LogP contribution in [0.15, 0.2) is 5.38 Å². The maximum absolute atomic E-state index is 4.81. The van der Waals surface area contributed by atoms with Gasteiger partial charge >= 0.3 is 0 Å². The van der Waals surface area contributed by atoms with Crippen LogP contribution in [0, 0.1) is 0 Å². The van der Waals surface area contributed by atoms with Crippen molar-refractivity contribution in [3.63, 3.8) is 0 Å². The van der Waals surface area contributed by atoms with Crippen molar-refractivity contribution in [2.24, 2.45) is 0 Å². The smallest absolute Gasteiger partial charge is 0.107 e. The second kappa shape index (κ2) is 5.73. The topological polar surface area (TPSA) is 24.9 Å². The minimum Gasteiger partial charge on any atom is -0.308 e. The Labute approximate surface area is 122 Å². The summed E-state index contributed by atoms with van der Waals surface area (Å²) in [6.45, 7) is 5.64. The van der Waals surface area contributed by atoms with Crippen LogP contribution in [-0.2, 0) is 6.54 Å². The van der Waals surface area contributed by atoms with Gasteiger partial charge in [-0.2, -0.15) is 11.8 Å². The summed E-state index contributed by atoms with van der Waals surface area (Å²) in [5.41, 5.74) is 1.23. The normalized spacial score (nSPS) is 32.7. The van der Waals surface area contributed by atoms with E-state index < -0.39 is 0 Å². The number of aromatic nitrogens is 1. The van der Waals surface area contributed by atoms with Crippen molar-refractivity contribution in [1.82, 2.24) is 10.3 Å². The summed E-state index contributed by atoms with van der Waals surface area (Å²) >= 11 is 6.05. The molecule has 0 bridgehead atoms. The number of hydrogen-bond acceptors (Lipinski definition) is 5. The molecule has 2 heterocycles. The van der Waals surface area contributed by atoms with Gasteiger partial charge in [0.2, 0.25) is 0 Å². The molecular formula is C13H20N2S3. The van der Waals surface area contributed by atoms with Crippen molar-refractivity contribution >= 4 is 34.9 Å². The summed E-state index contributed by atoms with van der Waals surface area (Å²) < 4.78 is 0. The van der Waals surface area contributed by atoms with Crippen molar-refractivity contribution in [3.05, 3.63) is 16.1 Å². The van der Waals surface area contributed by atoms with Gasteiger partial charge in [0.05, 0.1) is 10.9 Å². The summed E-state index contributed by atoms with van der Waals surface area (Å²) in [4.78, 5) is 4.81. The lowest BCUT2D eigenvalue weighted by Crippen LogP contribution is -2.22. The quantitative estimate of drug-likeness (QED) is 0.916. The van der Waals surface area contributed by atoms with Gasteiger partial charge in [0.15, 0.2) is 0 Å². The van der Waals surface area contributed by atoms with Gasteiger partial charge in [-0.05, 0) is 12.8 Å². The molecule has 3 atom stereocenters. The largest absolute Gasteiger partial charge is 0.308 e. The minimum atomic E-state index is 0.612. The summed E-state index contributed by atoms with van der Waals surface area (Å²) in [7, 11) is 0. The lowest BCUT2D eigenvalue weighted by atomic mass is 10.4. The monoisotopic (exact) mass is 300 g/mol. The van der Waals surface area contributed by atoms with Crippen LogP contribution in [0.4, 0.5) is 0 Å². The predicted molar refractivity (Wildman–Crippen MR) is 83.7 cm³/mol. The van der Waals surface area contributed by atoms with Gasteiger partial charge in [-0.25, -0.2) is 4.98 Å². The van der Waals surface area contributed by atoms with Gasteiger partial charge in [0.25, 0.3) is 0 Å². The molecule has 0 spiro atoms. The molecule has 5 heteroatoms. The first-order valence-corrected chi connectivity index (χ1v) is 9.54. The Morgan fingerprint density at radius 2 is 2.17 bits per heavy atom. The molecule has 18 heavy (non-hydrogen) atoms. The number of nitrogens with one attached hydrogen (secondary N) is 1. The number of thioether (sulfide) groups is 2. The molecule has 2 aliphatic rings. The lowest BCUT2D eigenvalue weighted by Gasteiger charge is -2.30. The SMILES string of the molecule is CC1SCC(c2nc(CNC3CC3)cs2)SC1C. The maximum Gasteiger partial charge on any atom is 0.107 e. The molecular weight excluding hydrogens is 280 g/mol. The third-order valence-corrected chi connectivity index (χ3v) is 8.10. The number of nitrogens with zero attached hydrogens (tertiary/aromatic N) is 1. The fraction of sp³-hybridized carbons (Fsp3) is 0.769. The zero-order chi connectivity index (χ0) is 12.5. The predicted octanol–water partition coefficient (Wildman–Crippen LogP) is 3.69. The van der Waals surface area contributed by atoms with E-state index in [0.717, 1.165) is 23.1 Å². The Morgan fingerprint density at radius 1 is 1.33 bits per heavy atom. The fourth-order valence-electron chi connectivity index (χ4n) is 2.00. The van der Waals surface area contributed by atoms with Crippen LogP contribution < -0.4 is 5.32 Å². The van der Waals surface area contributed by atoms with Gasteiger partial charge in [0, 0.05) is 34.2 Å². The van der Waals surface area contributed by atoms with Gasteiger partial charge < -0.3 is 5.32 Å². The molecule has 2 nitrogen and oxygen atoms in total. The number of thiazole rings is 1. The van der Waals surface area contributed by atoms with Crippen LogP contribution in [0.3, 0.4) is 0 Å². The highest BCUT2D eigenvalue weighted by atomic mass is 32.2. The van der Waals surface area contributed by atoms with Crippen LogP contribution in [0.2, 0.25) is 0 Å². The fourth-order valence-corrected chi connectivity index (χ4v) is 6.03. The van der Waals surface area contributed by atoms with Gasteiger partial charge in [-0.1, -0.05) is 13.8 Å². The average molecular weight is 301 g/mol. The summed E-state index contributed by atoms with van der Waals surface area (Å²) in [5.74, 6) is 1.22. The van der Waals surface area contributed by atoms with Gasteiger partial charge in [0.1, 0.15) is 5.01 Å². The lowest BCUT2D eigenvalue weighted by molar-refractivity contribution is 0.675. The molecule has 0 amide bonds. The van der Waals surface area contributed by atoms with Crippen LogP contribution in [0.1, 0.15) is 42.6 Å². The maximum atomic E-state index is 4.81. The van der Waals surface area contributed by atoms with Crippen LogP contribution in [0.25, 0.3) is 0 Å². The second-order valence-corrected chi connectivity index (χ2v) is 9.09. The zero-order valence-electron chi connectivity index (χ0n) is 10.9. The molecule has 1 aromatic rings. The Kier molecular flexibility index (Phi) is 4.23. The van der Waals surface area contributed by atoms with Crippen molar-refractivity contribution in [2.45, 2.75) is 55.0 Å². The third-order valence-electron chi connectivity index (χ3n) is 3.54. The van der Waals surface area contributed by atoms with Crippen molar-refractivity contribution in [1.29, 1.82) is 0 Å². The van der Waals surface area contributed by atoms with E-state index >= 15 is 0 Å². The first-order valence-electron chi connectivity index (χ1n) is 6.67. The molecule has 100 valence electrons. The molecule has 1 N–H and O–H groups in total. The first-order chi connectivity index (χ1) is 8.72. The molecule has 1 aliphatic carbocycles. The van der Waals surface area contributed by atoms with Crippen LogP contribution in [0.5, 0.6) is 0 Å². The average Bonchev–Trinajstić information content (AvgIpc) is 3.08. The first kappa shape index (κ1) is 13.3. The number of hydrogen-bond donors (Lipinski definition) is 1. The van der Waals surface area contributed by atoms with E-state index in [1.54, 1.807) is 0 Å². The Bertz CT molecular complexity index is 403. The molecule has 1 saturated heterocycles. The summed E-state index contributed by atoms with van der Waals surface area (Å²) in [6.07, 6.45) is 2.70. The zero-order valence-corrected chi connectivity index (χ0v) is 13.3. The second-order valence-electron chi connectivity index (χ2n) is 5.20. The highest BCUT2D eigenvalue weighted by molar-refractivity contribution is 8.07. The molecule has 1 aromatic heterocycles. The molecule has 3 rings (SSSR count). The molecule has 2 fully saturated rings. The Balaban J connectivity index is 1.58. The van der Waals surface area contributed by atoms with Gasteiger partial charge in [-0.15, -0.1) is 23.1 Å². The van der Waals surface area contributed by atoms with Crippen LogP contribution >= 0.6 is 34.9 Å². The Hall–Kier alpha value is 0.290. The molecule has 0 aromatic carbocycles. The molecule has 1 saturated carbocycles. The van der Waals surface area contributed by atoms with Crippen molar-refractivity contribution in [2.75, 3.05) is 5.75 Å². The minimum absolute atomic E-state index is 0.612. The van der Waals surface area contributed by atoms with Crippen LogP contribution in [-0.4, -0.2) is 27.3 Å². The van der Waals surface area contributed by atoms with E-state index in [9.17, 15) is 0 Å². The highest BCUT2D eigenvalue weighted by Crippen LogP contribution is 2.44. The Morgan fingerprint density at radius 3 is 2.89 bits per heavy atom. The molecule has 3 unspecified atom stereocenters. The third kappa shape index (κ3) is 3.24. The van der Waals surface area contributed by atoms with E-state index in [1.807, 2.05) is 11.3 Å². The van der Waals surface area contributed by atoms with Gasteiger partial charge in [-0.3, -0.25) is 0 Å². The van der Waals surface area contributed by atoms with E-state index in [1.165, 1.54) is 29.3 Å². The van der Waals surface area contributed by atoms with E-state index in [0.29, 0.717) is 5.25 Å². The van der Waals surface area contributed by atoms with E-state index in [2.05, 4.69) is 48.1 Å². The standard InChI is InChI=1S/C13H20N2S3/c1-8-9(2)18-12(7-16-8)13-15-11(6-17-13)5-14-10-3-4-10/h6,8-10,12,14H,3-5,7H2,1-2H3. The van der Waals surface area contributed by atoms with Crippen molar-refractivity contribution < 1.29 is 0 Å². The highest BCUT2D eigenvalue weighted by Gasteiger charge is 2.28. The van der Waals surface area contributed by atoms with E-state index in [4.69, 9.17) is 4.98 Å². The summed E-state index contributed by atoms with van der Waals surface area (Å²) in [6, 6.07) is 0.774. The van der Waals surface area contributed by atoms with E-state index in [-0.39, 0.29) is 0 Å². The number of rotatable bonds is 4. The summed E-state index contributed by atoms with van der Waals surface area (Å²) in [5, 5.41) is 9.24. The molecule has 0 radical (unpaired) electrons.